The molecule has 0 aliphatic heterocycles. The Hall–Kier alpha value is -1.14. The van der Waals surface area contributed by atoms with Gasteiger partial charge in [0.05, 0.1) is 8.95 Å². The Bertz CT molecular complexity index is 878. The van der Waals surface area contributed by atoms with Crippen molar-refractivity contribution in [1.82, 2.24) is 0 Å². The molecule has 2 fully saturated rings. The van der Waals surface area contributed by atoms with Gasteiger partial charge in [0.15, 0.2) is 5.75 Å². The Labute approximate surface area is 182 Å². The van der Waals surface area contributed by atoms with Crippen LogP contribution in [-0.2, 0) is 14.3 Å². The number of carbonyl (C=O) groups is 2. The number of esters is 2. The highest BCUT2D eigenvalue weighted by atomic mass is 79.9. The van der Waals surface area contributed by atoms with Crippen LogP contribution < -0.4 is 4.74 Å². The molecule has 1 aromatic carbocycles. The number of rotatable bonds is 2. The molecule has 5 atom stereocenters. The third-order valence-electron chi connectivity index (χ3n) is 6.93. The summed E-state index contributed by atoms with van der Waals surface area (Å²) >= 11 is 7.24. The van der Waals surface area contributed by atoms with Gasteiger partial charge < -0.3 is 9.47 Å². The highest BCUT2D eigenvalue weighted by Crippen LogP contribution is 2.61. The van der Waals surface area contributed by atoms with Crippen LogP contribution in [0.15, 0.2) is 21.1 Å². The van der Waals surface area contributed by atoms with Crippen LogP contribution in [0.25, 0.3) is 6.08 Å². The van der Waals surface area contributed by atoms with Gasteiger partial charge in [0.25, 0.3) is 0 Å². The molecule has 3 aliphatic rings. The number of hydrogen-bond donors (Lipinski definition) is 0. The van der Waals surface area contributed by atoms with Gasteiger partial charge in [0.1, 0.15) is 6.10 Å². The summed E-state index contributed by atoms with van der Waals surface area (Å²) in [6.45, 7) is 5.22. The zero-order valence-electron chi connectivity index (χ0n) is 16.3. The molecule has 0 bridgehead atoms. The van der Waals surface area contributed by atoms with Crippen molar-refractivity contribution < 1.29 is 19.1 Å². The van der Waals surface area contributed by atoms with Crippen LogP contribution in [0.2, 0.25) is 0 Å². The Balaban J connectivity index is 1.69. The molecule has 0 aromatic heterocycles. The second-order valence-electron chi connectivity index (χ2n) is 8.47. The highest BCUT2D eigenvalue weighted by molar-refractivity contribution is 9.11. The first kappa shape index (κ1) is 20.1. The van der Waals surface area contributed by atoms with Crippen molar-refractivity contribution in [2.75, 3.05) is 0 Å². The Morgan fingerprint density at radius 3 is 2.57 bits per heavy atom. The maximum Gasteiger partial charge on any atom is 0.308 e. The summed E-state index contributed by atoms with van der Waals surface area (Å²) in [6.07, 6.45) is 8.64. The van der Waals surface area contributed by atoms with Gasteiger partial charge >= 0.3 is 11.9 Å². The number of benzene rings is 1. The average molecular weight is 512 g/mol. The molecule has 4 nitrogen and oxygen atoms in total. The van der Waals surface area contributed by atoms with E-state index in [1.807, 2.05) is 0 Å². The number of fused-ring (bicyclic) bond motifs is 5. The Kier molecular flexibility index (Phi) is 5.24. The van der Waals surface area contributed by atoms with Gasteiger partial charge in [-0.25, -0.2) is 0 Å². The van der Waals surface area contributed by atoms with Crippen LogP contribution in [0.5, 0.6) is 5.75 Å². The van der Waals surface area contributed by atoms with E-state index in [1.165, 1.54) is 19.4 Å². The molecule has 3 aliphatic carbocycles. The molecule has 2 saturated carbocycles. The fourth-order valence-electron chi connectivity index (χ4n) is 5.73. The van der Waals surface area contributed by atoms with E-state index in [1.54, 1.807) is 0 Å². The highest BCUT2D eigenvalue weighted by Gasteiger charge is 2.55. The van der Waals surface area contributed by atoms with Gasteiger partial charge in [0, 0.05) is 19.3 Å². The van der Waals surface area contributed by atoms with Crippen molar-refractivity contribution in [2.24, 2.45) is 17.3 Å². The Morgan fingerprint density at radius 2 is 1.89 bits per heavy atom. The van der Waals surface area contributed by atoms with Crippen molar-refractivity contribution in [1.29, 1.82) is 0 Å². The molecule has 150 valence electrons. The van der Waals surface area contributed by atoms with E-state index < -0.39 is 0 Å². The van der Waals surface area contributed by atoms with Crippen molar-refractivity contribution in [3.63, 3.8) is 0 Å². The maximum absolute atomic E-state index is 11.6. The first-order chi connectivity index (χ1) is 13.2. The topological polar surface area (TPSA) is 52.6 Å². The first-order valence-corrected chi connectivity index (χ1v) is 11.4. The lowest BCUT2D eigenvalue weighted by Gasteiger charge is -2.48. The molecule has 0 radical (unpaired) electrons. The van der Waals surface area contributed by atoms with Crippen LogP contribution in [0.3, 0.4) is 0 Å². The van der Waals surface area contributed by atoms with Gasteiger partial charge in [-0.2, -0.15) is 0 Å². The van der Waals surface area contributed by atoms with Gasteiger partial charge in [-0.1, -0.05) is 19.1 Å². The van der Waals surface area contributed by atoms with Crippen LogP contribution in [-0.4, -0.2) is 18.0 Å². The first-order valence-electron chi connectivity index (χ1n) is 9.78. The van der Waals surface area contributed by atoms with E-state index in [-0.39, 0.29) is 23.5 Å². The monoisotopic (exact) mass is 510 g/mol. The average Bonchev–Trinajstić information content (AvgIpc) is 2.94. The van der Waals surface area contributed by atoms with Gasteiger partial charge in [0.2, 0.25) is 0 Å². The van der Waals surface area contributed by atoms with E-state index in [9.17, 15) is 9.59 Å². The van der Waals surface area contributed by atoms with Crippen molar-refractivity contribution in [3.05, 3.63) is 32.2 Å². The quantitative estimate of drug-likeness (QED) is 0.360. The molecule has 28 heavy (non-hydrogen) atoms. The van der Waals surface area contributed by atoms with Crippen LogP contribution in [0.1, 0.15) is 63.5 Å². The standard InChI is InChI=1S/C22H24Br2O4/c1-11(25)27-19-7-6-17-14-4-5-15-16(13(14)8-9-22(17,19)3)10-18(23)21(20(15)24)28-12(2)26/h4-5,10,13-14,17,19H,6-9H2,1-3H3. The predicted molar refractivity (Wildman–Crippen MR) is 114 cm³/mol. The predicted octanol–water partition coefficient (Wildman–Crippen LogP) is 6.01. The summed E-state index contributed by atoms with van der Waals surface area (Å²) in [5, 5.41) is 0. The smallest absolute Gasteiger partial charge is 0.308 e. The van der Waals surface area contributed by atoms with Gasteiger partial charge in [-0.3, -0.25) is 9.59 Å². The molecule has 0 spiro atoms. The summed E-state index contributed by atoms with van der Waals surface area (Å²) in [4.78, 5) is 23.0. The lowest BCUT2D eigenvalue weighted by molar-refractivity contribution is -0.154. The van der Waals surface area contributed by atoms with E-state index in [0.717, 1.165) is 40.2 Å². The minimum absolute atomic E-state index is 0.0237. The van der Waals surface area contributed by atoms with Crippen LogP contribution in [0.4, 0.5) is 0 Å². The second-order valence-corrected chi connectivity index (χ2v) is 10.1. The zero-order valence-corrected chi connectivity index (χ0v) is 19.4. The van der Waals surface area contributed by atoms with Crippen molar-refractivity contribution in [3.8, 4) is 5.75 Å². The largest absolute Gasteiger partial charge is 0.462 e. The van der Waals surface area contributed by atoms with Gasteiger partial charge in [-0.15, -0.1) is 0 Å². The SMILES string of the molecule is CC(=O)Oc1c(Br)cc2c(c1Br)C=CC1C2CCC2(C)C(OC(C)=O)CCC12. The van der Waals surface area contributed by atoms with Crippen LogP contribution in [0, 0.1) is 17.3 Å². The molecule has 0 saturated heterocycles. The molecule has 0 N–H and O–H groups in total. The van der Waals surface area contributed by atoms with Crippen LogP contribution >= 0.6 is 31.9 Å². The van der Waals surface area contributed by atoms with Crippen molar-refractivity contribution in [2.45, 2.75) is 58.5 Å². The number of hydrogen-bond acceptors (Lipinski definition) is 4. The molecular formula is C22H24Br2O4. The third kappa shape index (κ3) is 3.17. The normalized spacial score (nSPS) is 32.9. The lowest BCUT2D eigenvalue weighted by Crippen LogP contribution is -2.44. The molecule has 0 heterocycles. The van der Waals surface area contributed by atoms with E-state index in [0.29, 0.717) is 23.5 Å². The summed E-state index contributed by atoms with van der Waals surface area (Å²) < 4.78 is 12.7. The van der Waals surface area contributed by atoms with E-state index in [2.05, 4.69) is 57.0 Å². The minimum atomic E-state index is -0.338. The van der Waals surface area contributed by atoms with E-state index >= 15 is 0 Å². The fraction of sp³-hybridized carbons (Fsp3) is 0.545. The number of carbonyl (C=O) groups excluding carboxylic acids is 2. The second kappa shape index (κ2) is 7.28. The van der Waals surface area contributed by atoms with E-state index in [4.69, 9.17) is 9.47 Å². The molecule has 6 heteroatoms. The number of ether oxygens (including phenoxy) is 2. The molecule has 4 rings (SSSR count). The fourth-order valence-corrected chi connectivity index (χ4v) is 7.17. The minimum Gasteiger partial charge on any atom is -0.462 e. The zero-order chi connectivity index (χ0) is 20.2. The summed E-state index contributed by atoms with van der Waals surface area (Å²) in [5.41, 5.74) is 2.43. The third-order valence-corrected chi connectivity index (χ3v) is 8.31. The van der Waals surface area contributed by atoms with Gasteiger partial charge in [-0.05, 0) is 92.5 Å². The molecule has 1 aromatic rings. The molecular weight excluding hydrogens is 488 g/mol. The summed E-state index contributed by atoms with van der Waals surface area (Å²) in [7, 11) is 0. The molecule has 5 unspecified atom stereocenters. The summed E-state index contributed by atoms with van der Waals surface area (Å²) in [5.74, 6) is 1.38. The Morgan fingerprint density at radius 1 is 1.14 bits per heavy atom. The summed E-state index contributed by atoms with van der Waals surface area (Å²) in [6, 6.07) is 2.11. The van der Waals surface area contributed by atoms with Crippen molar-refractivity contribution >= 4 is 49.9 Å². The number of halogens is 2. The number of allylic oxidation sites excluding steroid dienone is 1. The lowest BCUT2D eigenvalue weighted by atomic mass is 9.57. The maximum atomic E-state index is 11.6. The molecule has 0 amide bonds.